The van der Waals surface area contributed by atoms with Crippen molar-refractivity contribution in [2.24, 2.45) is 0 Å². The highest BCUT2D eigenvalue weighted by atomic mass is 14.7. The second kappa shape index (κ2) is 6.19. The van der Waals surface area contributed by atoms with E-state index in [2.05, 4.69) is 24.3 Å². The molecular formula is C21H24N2. The average Bonchev–Trinajstić information content (AvgIpc) is 2.59. The third-order valence-corrected chi connectivity index (χ3v) is 5.22. The zero-order valence-electron chi connectivity index (χ0n) is 13.6. The van der Waals surface area contributed by atoms with Crippen LogP contribution < -0.4 is 5.73 Å². The smallest absolute Gasteiger partial charge is 0.0733 e. The van der Waals surface area contributed by atoms with Crippen molar-refractivity contribution in [1.29, 1.82) is 0 Å². The van der Waals surface area contributed by atoms with Gasteiger partial charge in [0, 0.05) is 10.8 Å². The molecule has 2 heteroatoms. The van der Waals surface area contributed by atoms with Gasteiger partial charge in [0.05, 0.1) is 16.7 Å². The number of hydrogen-bond acceptors (Lipinski definition) is 2. The molecule has 118 valence electrons. The topological polar surface area (TPSA) is 38.9 Å². The van der Waals surface area contributed by atoms with E-state index in [1.54, 1.807) is 0 Å². The highest BCUT2D eigenvalue weighted by Crippen LogP contribution is 2.34. The fraction of sp³-hybridized carbons (Fsp3) is 0.381. The van der Waals surface area contributed by atoms with Crippen molar-refractivity contribution in [2.45, 2.75) is 51.4 Å². The van der Waals surface area contributed by atoms with Crippen molar-refractivity contribution >= 4 is 27.5 Å². The largest absolute Gasteiger partial charge is 0.398 e. The van der Waals surface area contributed by atoms with Crippen LogP contribution in [-0.2, 0) is 12.8 Å². The highest BCUT2D eigenvalue weighted by molar-refractivity contribution is 6.08. The molecule has 0 fully saturated rings. The van der Waals surface area contributed by atoms with Gasteiger partial charge in [-0.2, -0.15) is 0 Å². The number of anilines is 1. The molecule has 0 unspecified atom stereocenters. The van der Waals surface area contributed by atoms with Crippen LogP contribution in [0.5, 0.6) is 0 Å². The van der Waals surface area contributed by atoms with Crippen molar-refractivity contribution in [3.05, 3.63) is 47.5 Å². The van der Waals surface area contributed by atoms with E-state index in [-0.39, 0.29) is 0 Å². The molecule has 0 atom stereocenters. The monoisotopic (exact) mass is 304 g/mol. The molecular weight excluding hydrogens is 280 g/mol. The fourth-order valence-corrected chi connectivity index (χ4v) is 3.98. The average molecular weight is 304 g/mol. The van der Waals surface area contributed by atoms with Gasteiger partial charge in [-0.3, -0.25) is 0 Å². The first-order valence-corrected chi connectivity index (χ1v) is 8.93. The molecule has 1 aliphatic rings. The van der Waals surface area contributed by atoms with Gasteiger partial charge in [0.2, 0.25) is 0 Å². The quantitative estimate of drug-likeness (QED) is 0.564. The Labute approximate surface area is 137 Å². The maximum absolute atomic E-state index is 6.60. The van der Waals surface area contributed by atoms with Crippen molar-refractivity contribution in [3.63, 3.8) is 0 Å². The van der Waals surface area contributed by atoms with Gasteiger partial charge in [-0.15, -0.1) is 0 Å². The second-order valence-corrected chi connectivity index (χ2v) is 6.76. The molecule has 0 spiro atoms. The van der Waals surface area contributed by atoms with Gasteiger partial charge in [-0.05, 0) is 48.9 Å². The molecule has 4 rings (SSSR count). The van der Waals surface area contributed by atoms with E-state index >= 15 is 0 Å². The third-order valence-electron chi connectivity index (χ3n) is 5.22. The molecule has 0 saturated carbocycles. The lowest BCUT2D eigenvalue weighted by Crippen LogP contribution is -2.02. The number of rotatable bonds is 0. The van der Waals surface area contributed by atoms with E-state index in [0.717, 1.165) is 28.5 Å². The number of aromatic nitrogens is 1. The fourth-order valence-electron chi connectivity index (χ4n) is 3.98. The SMILES string of the molecule is Nc1c2ccccc2nc2ccc3c(c12)CCCCCCCC3. The maximum atomic E-state index is 6.60. The normalized spacial score (nSPS) is 16.3. The molecule has 1 aromatic heterocycles. The standard InChI is InChI=1S/C21H24N2/c22-21-17-11-7-8-12-18(17)23-19-14-13-15-9-5-3-1-2-4-6-10-16(15)20(19)21/h7-8,11-14H,1-6,9-10H2,(H2,22,23). The summed E-state index contributed by atoms with van der Waals surface area (Å²) in [4.78, 5) is 4.86. The van der Waals surface area contributed by atoms with Gasteiger partial charge in [-0.1, -0.05) is 49.9 Å². The van der Waals surface area contributed by atoms with Gasteiger partial charge < -0.3 is 5.73 Å². The minimum absolute atomic E-state index is 0.916. The summed E-state index contributed by atoms with van der Waals surface area (Å²) >= 11 is 0. The molecule has 23 heavy (non-hydrogen) atoms. The van der Waals surface area contributed by atoms with Crippen molar-refractivity contribution < 1.29 is 0 Å². The molecule has 2 N–H and O–H groups in total. The third kappa shape index (κ3) is 2.67. The summed E-state index contributed by atoms with van der Waals surface area (Å²) in [5.74, 6) is 0. The Kier molecular flexibility index (Phi) is 3.90. The molecule has 0 radical (unpaired) electrons. The van der Waals surface area contributed by atoms with E-state index in [1.807, 2.05) is 12.1 Å². The van der Waals surface area contributed by atoms with Crippen LogP contribution in [0.4, 0.5) is 5.69 Å². The number of aryl methyl sites for hydroxylation is 2. The molecule has 0 bridgehead atoms. The zero-order valence-corrected chi connectivity index (χ0v) is 13.6. The van der Waals surface area contributed by atoms with E-state index in [4.69, 9.17) is 10.7 Å². The summed E-state index contributed by atoms with van der Waals surface area (Å²) in [6.45, 7) is 0. The van der Waals surface area contributed by atoms with Crippen LogP contribution in [0.15, 0.2) is 36.4 Å². The van der Waals surface area contributed by atoms with Crippen LogP contribution in [0.3, 0.4) is 0 Å². The summed E-state index contributed by atoms with van der Waals surface area (Å²) in [5.41, 5.74) is 12.5. The van der Waals surface area contributed by atoms with Gasteiger partial charge in [-0.25, -0.2) is 4.98 Å². The van der Waals surface area contributed by atoms with E-state index < -0.39 is 0 Å². The van der Waals surface area contributed by atoms with Crippen LogP contribution in [0.25, 0.3) is 21.8 Å². The number of benzene rings is 2. The number of pyridine rings is 1. The Hall–Kier alpha value is -2.09. The number of nitrogens with zero attached hydrogens (tertiary/aromatic N) is 1. The summed E-state index contributed by atoms with van der Waals surface area (Å²) in [6.07, 6.45) is 10.3. The van der Waals surface area contributed by atoms with Crippen molar-refractivity contribution in [1.82, 2.24) is 4.98 Å². The van der Waals surface area contributed by atoms with Crippen LogP contribution in [0.1, 0.15) is 49.7 Å². The minimum Gasteiger partial charge on any atom is -0.398 e. The maximum Gasteiger partial charge on any atom is 0.0733 e. The molecule has 2 aromatic carbocycles. The first-order valence-electron chi connectivity index (χ1n) is 8.93. The summed E-state index contributed by atoms with van der Waals surface area (Å²) in [7, 11) is 0. The molecule has 0 amide bonds. The number of nitrogens with two attached hydrogens (primary N) is 1. The number of hydrogen-bond donors (Lipinski definition) is 1. The summed E-state index contributed by atoms with van der Waals surface area (Å²) < 4.78 is 0. The number of fused-ring (bicyclic) bond motifs is 4. The zero-order chi connectivity index (χ0) is 15.6. The van der Waals surface area contributed by atoms with Gasteiger partial charge >= 0.3 is 0 Å². The van der Waals surface area contributed by atoms with Crippen molar-refractivity contribution in [3.8, 4) is 0 Å². The first-order chi connectivity index (χ1) is 11.3. The Bertz CT molecular complexity index is 851. The van der Waals surface area contributed by atoms with E-state index in [1.165, 1.54) is 61.5 Å². The molecule has 1 heterocycles. The molecule has 3 aromatic rings. The molecule has 0 aliphatic heterocycles. The Morgan fingerprint density at radius 1 is 0.739 bits per heavy atom. The van der Waals surface area contributed by atoms with Crippen LogP contribution in [-0.4, -0.2) is 4.98 Å². The van der Waals surface area contributed by atoms with Gasteiger partial charge in [0.1, 0.15) is 0 Å². The van der Waals surface area contributed by atoms with Crippen LogP contribution in [0.2, 0.25) is 0 Å². The molecule has 1 aliphatic carbocycles. The van der Waals surface area contributed by atoms with Gasteiger partial charge in [0.15, 0.2) is 0 Å². The molecule has 0 saturated heterocycles. The predicted molar refractivity (Wildman–Crippen MR) is 98.8 cm³/mol. The van der Waals surface area contributed by atoms with Crippen LogP contribution in [0, 0.1) is 0 Å². The Morgan fingerprint density at radius 3 is 2.35 bits per heavy atom. The predicted octanol–water partition coefficient (Wildman–Crippen LogP) is 5.41. The first kappa shape index (κ1) is 14.5. The van der Waals surface area contributed by atoms with Gasteiger partial charge in [0.25, 0.3) is 0 Å². The van der Waals surface area contributed by atoms with Crippen LogP contribution >= 0.6 is 0 Å². The summed E-state index contributed by atoms with van der Waals surface area (Å²) in [5, 5.41) is 2.30. The lowest BCUT2D eigenvalue weighted by molar-refractivity contribution is 0.582. The minimum atomic E-state index is 0.916. The second-order valence-electron chi connectivity index (χ2n) is 6.76. The molecule has 2 nitrogen and oxygen atoms in total. The Balaban J connectivity index is 1.96. The number of para-hydroxylation sites is 1. The lowest BCUT2D eigenvalue weighted by Gasteiger charge is -2.17. The lowest BCUT2D eigenvalue weighted by atomic mass is 9.90. The van der Waals surface area contributed by atoms with E-state index in [0.29, 0.717) is 0 Å². The Morgan fingerprint density at radius 2 is 1.48 bits per heavy atom. The van der Waals surface area contributed by atoms with E-state index in [9.17, 15) is 0 Å². The van der Waals surface area contributed by atoms with Crippen molar-refractivity contribution in [2.75, 3.05) is 5.73 Å². The highest BCUT2D eigenvalue weighted by Gasteiger charge is 2.14. The summed E-state index contributed by atoms with van der Waals surface area (Å²) in [6, 6.07) is 12.7. The number of nitrogen functional groups attached to an aromatic ring is 1.